The maximum absolute atomic E-state index is 11.0. The van der Waals surface area contributed by atoms with Gasteiger partial charge >= 0.3 is 5.97 Å². The molecule has 1 aromatic rings. The highest BCUT2D eigenvalue weighted by atomic mass is 16.4. The van der Waals surface area contributed by atoms with Crippen molar-refractivity contribution in [3.63, 3.8) is 0 Å². The largest absolute Gasteiger partial charge is 0.480 e. The fourth-order valence-electron chi connectivity index (χ4n) is 1.05. The first kappa shape index (κ1) is 11.0. The van der Waals surface area contributed by atoms with Gasteiger partial charge in [-0.1, -0.05) is 0 Å². The van der Waals surface area contributed by atoms with Gasteiger partial charge in [0.2, 0.25) is 0 Å². The van der Waals surface area contributed by atoms with E-state index in [4.69, 9.17) is 10.8 Å². The lowest BCUT2D eigenvalue weighted by atomic mass is 10.2. The van der Waals surface area contributed by atoms with Gasteiger partial charge in [-0.3, -0.25) is 9.59 Å². The van der Waals surface area contributed by atoms with Gasteiger partial charge in [0.1, 0.15) is 12.4 Å². The molecule has 0 spiro atoms. The summed E-state index contributed by atoms with van der Waals surface area (Å²) in [5, 5.41) is 11.0. The summed E-state index contributed by atoms with van der Waals surface area (Å²) >= 11 is 0. The van der Waals surface area contributed by atoms with Crippen molar-refractivity contribution in [3.05, 3.63) is 23.4 Å². The predicted octanol–water partition coefficient (Wildman–Crippen LogP) is -0.0146. The average molecular weight is 209 g/mol. The summed E-state index contributed by atoms with van der Waals surface area (Å²) in [6, 6.07) is 3.14. The molecule has 0 saturated carbocycles. The van der Waals surface area contributed by atoms with Crippen LogP contribution in [0.5, 0.6) is 0 Å². The number of rotatable bonds is 4. The molecule has 6 nitrogen and oxygen atoms in total. The lowest BCUT2D eigenvalue weighted by Gasteiger charge is -2.07. The maximum Gasteiger partial charge on any atom is 0.322 e. The molecule has 0 aliphatic carbocycles. The van der Waals surface area contributed by atoms with Crippen molar-refractivity contribution in [2.75, 3.05) is 11.9 Å². The Morgan fingerprint density at radius 3 is 2.73 bits per heavy atom. The van der Waals surface area contributed by atoms with Crippen LogP contribution in [-0.4, -0.2) is 28.5 Å². The fourth-order valence-corrected chi connectivity index (χ4v) is 1.05. The van der Waals surface area contributed by atoms with E-state index in [2.05, 4.69) is 10.3 Å². The summed E-state index contributed by atoms with van der Waals surface area (Å²) in [5.41, 5.74) is 5.96. The summed E-state index contributed by atoms with van der Waals surface area (Å²) in [4.78, 5) is 25.3. The standard InChI is InChI=1S/C9H11N3O3/c1-5-2-3-6(8(10)15)9(12-5)11-4-7(13)14/h2-3H,4H2,1H3,(H2,10,15)(H,11,12)(H,13,14). The second kappa shape index (κ2) is 4.41. The number of hydrogen-bond acceptors (Lipinski definition) is 4. The van der Waals surface area contributed by atoms with E-state index in [1.54, 1.807) is 13.0 Å². The van der Waals surface area contributed by atoms with Crippen LogP contribution in [-0.2, 0) is 4.79 Å². The van der Waals surface area contributed by atoms with Crippen molar-refractivity contribution >= 4 is 17.7 Å². The monoisotopic (exact) mass is 209 g/mol. The van der Waals surface area contributed by atoms with E-state index in [0.717, 1.165) is 0 Å². The summed E-state index contributed by atoms with van der Waals surface area (Å²) in [5.74, 6) is -1.48. The van der Waals surface area contributed by atoms with Gasteiger partial charge < -0.3 is 16.2 Å². The topological polar surface area (TPSA) is 105 Å². The van der Waals surface area contributed by atoms with Crippen LogP contribution in [0, 0.1) is 6.92 Å². The molecule has 0 aromatic carbocycles. The molecule has 15 heavy (non-hydrogen) atoms. The zero-order chi connectivity index (χ0) is 11.4. The second-order valence-corrected chi connectivity index (χ2v) is 2.96. The number of aliphatic carboxylic acids is 1. The first-order valence-corrected chi connectivity index (χ1v) is 4.24. The number of carboxylic acids is 1. The van der Waals surface area contributed by atoms with Crippen molar-refractivity contribution in [2.45, 2.75) is 6.92 Å². The van der Waals surface area contributed by atoms with Crippen LogP contribution in [0.25, 0.3) is 0 Å². The van der Waals surface area contributed by atoms with Gasteiger partial charge in [-0.2, -0.15) is 0 Å². The van der Waals surface area contributed by atoms with Gasteiger partial charge in [-0.05, 0) is 19.1 Å². The molecule has 1 rings (SSSR count). The Balaban J connectivity index is 2.96. The Morgan fingerprint density at radius 1 is 1.53 bits per heavy atom. The molecule has 6 heteroatoms. The van der Waals surface area contributed by atoms with Gasteiger partial charge in [0.05, 0.1) is 5.56 Å². The minimum Gasteiger partial charge on any atom is -0.480 e. The van der Waals surface area contributed by atoms with E-state index >= 15 is 0 Å². The Bertz CT molecular complexity index is 404. The number of carbonyl (C=O) groups is 2. The van der Waals surface area contributed by atoms with Gasteiger partial charge in [-0.25, -0.2) is 4.98 Å². The number of nitrogens with one attached hydrogen (secondary N) is 1. The molecular formula is C9H11N3O3. The average Bonchev–Trinajstić information content (AvgIpc) is 2.14. The molecule has 1 aromatic heterocycles. The number of amides is 1. The van der Waals surface area contributed by atoms with Crippen LogP contribution in [0.1, 0.15) is 16.1 Å². The number of anilines is 1. The van der Waals surface area contributed by atoms with Crippen LogP contribution in [0.2, 0.25) is 0 Å². The van der Waals surface area contributed by atoms with Crippen molar-refractivity contribution in [1.82, 2.24) is 4.98 Å². The number of carboxylic acid groups (broad SMARTS) is 1. The lowest BCUT2D eigenvalue weighted by Crippen LogP contribution is -2.19. The van der Waals surface area contributed by atoms with E-state index in [9.17, 15) is 9.59 Å². The Hall–Kier alpha value is -2.11. The Labute approximate surface area is 86.1 Å². The third-order valence-electron chi connectivity index (χ3n) is 1.71. The molecule has 0 aliphatic heterocycles. The molecule has 0 bridgehead atoms. The lowest BCUT2D eigenvalue weighted by molar-refractivity contribution is -0.134. The first-order valence-electron chi connectivity index (χ1n) is 4.24. The first-order chi connectivity index (χ1) is 7.00. The molecule has 0 saturated heterocycles. The smallest absolute Gasteiger partial charge is 0.322 e. The molecule has 80 valence electrons. The Morgan fingerprint density at radius 2 is 2.20 bits per heavy atom. The summed E-state index contributed by atoms with van der Waals surface area (Å²) in [6.07, 6.45) is 0. The van der Waals surface area contributed by atoms with Gasteiger partial charge in [0.25, 0.3) is 5.91 Å². The van der Waals surface area contributed by atoms with Crippen molar-refractivity contribution < 1.29 is 14.7 Å². The number of aromatic nitrogens is 1. The molecule has 1 amide bonds. The number of aryl methyl sites for hydroxylation is 1. The highest BCUT2D eigenvalue weighted by Crippen LogP contribution is 2.12. The minimum atomic E-state index is -1.03. The van der Waals surface area contributed by atoms with E-state index in [-0.39, 0.29) is 17.9 Å². The molecule has 0 atom stereocenters. The minimum absolute atomic E-state index is 0.182. The summed E-state index contributed by atoms with van der Waals surface area (Å²) in [6.45, 7) is 1.42. The molecular weight excluding hydrogens is 198 g/mol. The van der Waals surface area contributed by atoms with Crippen LogP contribution < -0.4 is 11.1 Å². The van der Waals surface area contributed by atoms with Gasteiger partial charge in [0, 0.05) is 5.69 Å². The zero-order valence-corrected chi connectivity index (χ0v) is 8.15. The molecule has 0 aliphatic rings. The molecule has 0 fully saturated rings. The molecule has 1 heterocycles. The fraction of sp³-hybridized carbons (Fsp3) is 0.222. The Kier molecular flexibility index (Phi) is 3.22. The predicted molar refractivity (Wildman–Crippen MR) is 53.6 cm³/mol. The number of primary amides is 1. The quantitative estimate of drug-likeness (QED) is 0.646. The van der Waals surface area contributed by atoms with Crippen LogP contribution in [0.3, 0.4) is 0 Å². The zero-order valence-electron chi connectivity index (χ0n) is 8.15. The number of hydrogen-bond donors (Lipinski definition) is 3. The van der Waals surface area contributed by atoms with Crippen LogP contribution in [0.4, 0.5) is 5.82 Å². The van der Waals surface area contributed by atoms with E-state index in [0.29, 0.717) is 5.69 Å². The number of nitrogens with zero attached hydrogens (tertiary/aromatic N) is 1. The van der Waals surface area contributed by atoms with E-state index < -0.39 is 11.9 Å². The SMILES string of the molecule is Cc1ccc(C(N)=O)c(NCC(=O)O)n1. The van der Waals surface area contributed by atoms with Crippen molar-refractivity contribution in [2.24, 2.45) is 5.73 Å². The van der Waals surface area contributed by atoms with Gasteiger partial charge in [-0.15, -0.1) is 0 Å². The molecule has 0 radical (unpaired) electrons. The summed E-state index contributed by atoms with van der Waals surface area (Å²) < 4.78 is 0. The highest BCUT2D eigenvalue weighted by Gasteiger charge is 2.10. The molecule has 0 unspecified atom stereocenters. The number of carbonyl (C=O) groups excluding carboxylic acids is 1. The normalized spacial score (nSPS) is 9.67. The number of nitrogens with two attached hydrogens (primary N) is 1. The van der Waals surface area contributed by atoms with Crippen molar-refractivity contribution in [1.29, 1.82) is 0 Å². The molecule has 4 N–H and O–H groups in total. The van der Waals surface area contributed by atoms with Gasteiger partial charge in [0.15, 0.2) is 0 Å². The van der Waals surface area contributed by atoms with E-state index in [1.807, 2.05) is 0 Å². The third-order valence-corrected chi connectivity index (χ3v) is 1.71. The van der Waals surface area contributed by atoms with Crippen molar-refractivity contribution in [3.8, 4) is 0 Å². The highest BCUT2D eigenvalue weighted by molar-refractivity contribution is 5.97. The third kappa shape index (κ3) is 2.94. The van der Waals surface area contributed by atoms with Crippen LogP contribution in [0.15, 0.2) is 12.1 Å². The van der Waals surface area contributed by atoms with Crippen LogP contribution >= 0.6 is 0 Å². The summed E-state index contributed by atoms with van der Waals surface area (Å²) in [7, 11) is 0. The second-order valence-electron chi connectivity index (χ2n) is 2.96. The maximum atomic E-state index is 11.0. The number of pyridine rings is 1. The van der Waals surface area contributed by atoms with E-state index in [1.165, 1.54) is 6.07 Å².